The van der Waals surface area contributed by atoms with Crippen molar-refractivity contribution in [1.82, 2.24) is 0 Å². The van der Waals surface area contributed by atoms with E-state index >= 15 is 0 Å². The normalized spacial score (nSPS) is 19.2. The molecule has 0 aromatic heterocycles. The van der Waals surface area contributed by atoms with Gasteiger partial charge in [0.05, 0.1) is 7.11 Å². The number of carbonyl (C=O) groups is 2. The van der Waals surface area contributed by atoms with Gasteiger partial charge in [0, 0.05) is 59.7 Å². The summed E-state index contributed by atoms with van der Waals surface area (Å²) < 4.78 is 42.5. The molecule has 2 rings (SSSR count). The van der Waals surface area contributed by atoms with E-state index in [1.807, 2.05) is 12.7 Å². The van der Waals surface area contributed by atoms with Crippen LogP contribution in [0.1, 0.15) is 111 Å². The predicted octanol–water partition coefficient (Wildman–Crippen LogP) is 9.80. The lowest BCUT2D eigenvalue weighted by Crippen LogP contribution is -2.32. The van der Waals surface area contributed by atoms with Gasteiger partial charge < -0.3 is 14.0 Å². The van der Waals surface area contributed by atoms with E-state index in [1.165, 1.54) is 26.5 Å². The Morgan fingerprint density at radius 2 is 1.62 bits per heavy atom. The fraction of sp³-hybridized carbons (Fsp3) is 0.647. The lowest BCUT2D eigenvalue weighted by molar-refractivity contribution is -0.186. The Morgan fingerprint density at radius 3 is 2.18 bits per heavy atom. The number of carbonyl (C=O) groups excluding carboxylic acids is 2. The molecule has 0 N–H and O–H groups in total. The zero-order valence-electron chi connectivity index (χ0n) is 29.4. The van der Waals surface area contributed by atoms with Crippen molar-refractivity contribution in [3.05, 3.63) is 47.1 Å². The van der Waals surface area contributed by atoms with Crippen molar-refractivity contribution < 1.29 is 41.7 Å². The molecular formula is C34H55O9P2+. The maximum atomic E-state index is 11.8. The highest BCUT2D eigenvalue weighted by molar-refractivity contribution is 7.61. The van der Waals surface area contributed by atoms with E-state index in [4.69, 9.17) is 32.1 Å². The van der Waals surface area contributed by atoms with Crippen LogP contribution in [-0.4, -0.2) is 44.0 Å². The highest BCUT2D eigenvalue weighted by Gasteiger charge is 2.49. The first kappa shape index (κ1) is 39.2. The van der Waals surface area contributed by atoms with Gasteiger partial charge in [0.15, 0.2) is 5.75 Å². The molecule has 4 unspecified atom stereocenters. The molecule has 4 atom stereocenters. The number of hydrogen-bond donors (Lipinski definition) is 0. The van der Waals surface area contributed by atoms with Crippen molar-refractivity contribution in [1.29, 1.82) is 0 Å². The van der Waals surface area contributed by atoms with Gasteiger partial charge in [-0.15, -0.1) is 4.52 Å². The molecule has 254 valence electrons. The Hall–Kier alpha value is -2.02. The van der Waals surface area contributed by atoms with Crippen LogP contribution in [-0.2, 0) is 39.1 Å². The summed E-state index contributed by atoms with van der Waals surface area (Å²) >= 11 is 0. The van der Waals surface area contributed by atoms with Crippen LogP contribution < -0.4 is 9.05 Å². The minimum Gasteiger partial charge on any atom is -0.447 e. The summed E-state index contributed by atoms with van der Waals surface area (Å²) in [6.45, 7) is 23.7. The van der Waals surface area contributed by atoms with Crippen LogP contribution in [0.4, 0.5) is 0 Å². The van der Waals surface area contributed by atoms with Gasteiger partial charge in [0.25, 0.3) is 5.79 Å². The van der Waals surface area contributed by atoms with Crippen LogP contribution in [0.15, 0.2) is 35.9 Å². The van der Waals surface area contributed by atoms with Crippen molar-refractivity contribution in [2.75, 3.05) is 20.4 Å². The zero-order valence-corrected chi connectivity index (χ0v) is 31.2. The van der Waals surface area contributed by atoms with E-state index in [0.717, 1.165) is 55.2 Å². The lowest BCUT2D eigenvalue weighted by Gasteiger charge is -2.34. The molecule has 9 nitrogen and oxygen atoms in total. The molecule has 0 saturated carbocycles. The van der Waals surface area contributed by atoms with Crippen LogP contribution in [0.5, 0.6) is 11.5 Å². The molecule has 0 saturated heterocycles. The van der Waals surface area contributed by atoms with Crippen molar-refractivity contribution in [2.24, 2.45) is 5.92 Å². The lowest BCUT2D eigenvalue weighted by atomic mass is 9.73. The minimum atomic E-state index is -3.10. The average molecular weight is 670 g/mol. The first-order valence-electron chi connectivity index (χ1n) is 15.6. The Labute approximate surface area is 272 Å². The molecule has 0 spiro atoms. The quantitative estimate of drug-likeness (QED) is 0.0528. The zero-order chi connectivity index (χ0) is 34.2. The van der Waals surface area contributed by atoms with Gasteiger partial charge in [-0.05, 0) is 63.1 Å². The Kier molecular flexibility index (Phi) is 14.5. The molecule has 11 heteroatoms. The van der Waals surface area contributed by atoms with E-state index in [9.17, 15) is 9.59 Å². The van der Waals surface area contributed by atoms with Crippen LogP contribution in [0.25, 0.3) is 0 Å². The summed E-state index contributed by atoms with van der Waals surface area (Å²) in [5.74, 6) is -2.17. The van der Waals surface area contributed by atoms with Gasteiger partial charge in [-0.2, -0.15) is 4.52 Å². The number of aryl methyl sites for hydroxylation is 1. The van der Waals surface area contributed by atoms with E-state index < -0.39 is 39.8 Å². The second-order valence-corrected chi connectivity index (χ2v) is 16.3. The number of rotatable bonds is 17. The van der Waals surface area contributed by atoms with Gasteiger partial charge in [-0.25, -0.2) is 0 Å². The second-order valence-electron chi connectivity index (χ2n) is 12.7. The van der Waals surface area contributed by atoms with Gasteiger partial charge >= 0.3 is 19.9 Å². The fourth-order valence-corrected chi connectivity index (χ4v) is 8.28. The van der Waals surface area contributed by atoms with Gasteiger partial charge in [-0.1, -0.05) is 43.6 Å². The molecule has 0 fully saturated rings. The first-order valence-corrected chi connectivity index (χ1v) is 19.2. The van der Waals surface area contributed by atoms with Crippen LogP contribution >= 0.6 is 16.3 Å². The second kappa shape index (κ2) is 16.7. The Morgan fingerprint density at radius 1 is 1.02 bits per heavy atom. The van der Waals surface area contributed by atoms with Gasteiger partial charge in [-0.3, -0.25) is 18.6 Å². The van der Waals surface area contributed by atoms with Crippen molar-refractivity contribution in [3.63, 3.8) is 0 Å². The molecule has 1 aromatic rings. The molecule has 1 aliphatic rings. The third-order valence-corrected chi connectivity index (χ3v) is 10.4. The van der Waals surface area contributed by atoms with Crippen molar-refractivity contribution in [3.8, 4) is 11.5 Å². The Bertz CT molecular complexity index is 1230. The monoisotopic (exact) mass is 669 g/mol. The average Bonchev–Trinajstić information content (AvgIpc) is 2.86. The molecule has 45 heavy (non-hydrogen) atoms. The standard InChI is InChI=1S/C34H55O9P2/c1-14-15-16-17-27-21-30(40-44(12)42-33(7,8)38-25(5)35)32(29-20-24(4)18-19-28(29)23(2)3)31(22-27)41-45(13,37-11)43-34(9,10)39-26(6)36/h20-22,28-29H,2,14-19H2,1,3-13H3/q+1. The molecular weight excluding hydrogens is 614 g/mol. The molecule has 0 heterocycles. The summed E-state index contributed by atoms with van der Waals surface area (Å²) in [6, 6.07) is 4.12. The maximum Gasteiger partial charge on any atom is 0.457 e. The third kappa shape index (κ3) is 12.6. The van der Waals surface area contributed by atoms with E-state index in [-0.39, 0.29) is 11.8 Å². The summed E-state index contributed by atoms with van der Waals surface area (Å²) in [5, 5.41) is 0. The number of benzene rings is 1. The van der Waals surface area contributed by atoms with Gasteiger partial charge in [0.1, 0.15) is 12.4 Å². The highest BCUT2D eigenvalue weighted by Crippen LogP contribution is 2.62. The number of esters is 2. The summed E-state index contributed by atoms with van der Waals surface area (Å²) in [5.41, 5.74) is 4.20. The molecule has 1 aliphatic carbocycles. The number of allylic oxidation sites excluding steroid dienone is 3. The first-order chi connectivity index (χ1) is 20.8. The number of ether oxygens (including phenoxy) is 2. The predicted molar refractivity (Wildman–Crippen MR) is 182 cm³/mol. The molecule has 0 bridgehead atoms. The molecule has 0 radical (unpaired) electrons. The van der Waals surface area contributed by atoms with E-state index in [2.05, 4.69) is 39.5 Å². The summed E-state index contributed by atoms with van der Waals surface area (Å²) in [6.07, 6.45) is 8.15. The molecule has 1 aromatic carbocycles. The summed E-state index contributed by atoms with van der Waals surface area (Å²) in [7, 11) is -3.13. The molecule has 0 aliphatic heterocycles. The minimum absolute atomic E-state index is 0.109. The number of unbranched alkanes of at least 4 members (excludes halogenated alkanes) is 2. The van der Waals surface area contributed by atoms with E-state index in [0.29, 0.717) is 11.5 Å². The van der Waals surface area contributed by atoms with Crippen LogP contribution in [0.2, 0.25) is 0 Å². The third-order valence-electron chi connectivity index (χ3n) is 7.28. The van der Waals surface area contributed by atoms with Crippen molar-refractivity contribution in [2.45, 2.75) is 118 Å². The highest BCUT2D eigenvalue weighted by atomic mass is 31.2. The van der Waals surface area contributed by atoms with Gasteiger partial charge in [0.2, 0.25) is 14.2 Å². The van der Waals surface area contributed by atoms with Crippen LogP contribution in [0, 0.1) is 5.92 Å². The van der Waals surface area contributed by atoms with Crippen molar-refractivity contribution >= 4 is 28.3 Å². The maximum absolute atomic E-state index is 11.8. The Balaban J connectivity index is 2.78. The summed E-state index contributed by atoms with van der Waals surface area (Å²) in [4.78, 5) is 23.5. The topological polar surface area (TPSA) is 98.8 Å². The smallest absolute Gasteiger partial charge is 0.447 e. The fourth-order valence-electron chi connectivity index (χ4n) is 5.63. The SMILES string of the molecule is C=C(C)C1CCC(C)=CC1c1c(OP(C)OC(C)(C)OC(C)=O)cc(CCCCC)cc1O[P+](C)(OC)OC(C)(C)OC(C)=O. The van der Waals surface area contributed by atoms with E-state index in [1.54, 1.807) is 34.4 Å². The molecule has 0 amide bonds. The largest absolute Gasteiger partial charge is 0.457 e. The van der Waals surface area contributed by atoms with Crippen LogP contribution in [0.3, 0.4) is 0 Å². The number of hydrogen-bond acceptors (Lipinski definition) is 9.